The van der Waals surface area contributed by atoms with E-state index in [2.05, 4.69) is 28.2 Å². The second-order valence-corrected chi connectivity index (χ2v) is 5.73. The third kappa shape index (κ3) is 4.27. The molecule has 0 bridgehead atoms. The lowest BCUT2D eigenvalue weighted by Gasteiger charge is -2.09. The van der Waals surface area contributed by atoms with Gasteiger partial charge in [-0.3, -0.25) is 0 Å². The Labute approximate surface area is 132 Å². The summed E-state index contributed by atoms with van der Waals surface area (Å²) in [6, 6.07) is 7.49. The molecule has 2 rings (SSSR count). The minimum atomic E-state index is 0.367. The van der Waals surface area contributed by atoms with Crippen LogP contribution in [-0.2, 0) is 13.2 Å². The molecule has 1 aromatic carbocycles. The van der Waals surface area contributed by atoms with E-state index in [1.165, 1.54) is 0 Å². The molecule has 0 fully saturated rings. The highest BCUT2D eigenvalue weighted by atomic mass is 79.9. The van der Waals surface area contributed by atoms with Gasteiger partial charge in [-0.05, 0) is 37.2 Å². The van der Waals surface area contributed by atoms with Crippen LogP contribution in [0.1, 0.15) is 24.7 Å². The Hall–Kier alpha value is -0.970. The van der Waals surface area contributed by atoms with Crippen molar-refractivity contribution in [2.75, 3.05) is 6.54 Å². The van der Waals surface area contributed by atoms with Gasteiger partial charge in [-0.25, -0.2) is 0 Å². The molecule has 0 aliphatic heterocycles. The number of hydrogen-bond acceptors (Lipinski definition) is 3. The van der Waals surface area contributed by atoms with E-state index in [-0.39, 0.29) is 0 Å². The van der Waals surface area contributed by atoms with Crippen molar-refractivity contribution in [2.45, 2.75) is 26.5 Å². The molecule has 1 N–H and O–H groups in total. The first-order chi connectivity index (χ1) is 9.70. The minimum Gasteiger partial charge on any atom is -0.484 e. The monoisotopic (exact) mass is 357 g/mol. The number of ether oxygens (including phenoxy) is 1. The molecule has 0 aliphatic rings. The quantitative estimate of drug-likeness (QED) is 0.724. The van der Waals surface area contributed by atoms with Crippen molar-refractivity contribution in [1.82, 2.24) is 5.32 Å². The number of rotatable bonds is 7. The van der Waals surface area contributed by atoms with E-state index in [0.29, 0.717) is 17.4 Å². The summed E-state index contributed by atoms with van der Waals surface area (Å²) in [5, 5.41) is 3.94. The van der Waals surface area contributed by atoms with E-state index in [1.807, 2.05) is 18.2 Å². The van der Waals surface area contributed by atoms with Gasteiger partial charge >= 0.3 is 0 Å². The first-order valence-corrected chi connectivity index (χ1v) is 7.71. The SMILES string of the molecule is CCCNCc1ccoc1COc1cc(Br)ccc1Cl. The van der Waals surface area contributed by atoms with E-state index in [9.17, 15) is 0 Å². The van der Waals surface area contributed by atoms with Crippen LogP contribution in [0.3, 0.4) is 0 Å². The average Bonchev–Trinajstić information content (AvgIpc) is 2.88. The van der Waals surface area contributed by atoms with Gasteiger partial charge in [-0.2, -0.15) is 0 Å². The van der Waals surface area contributed by atoms with E-state index in [1.54, 1.807) is 12.3 Å². The third-order valence-electron chi connectivity index (χ3n) is 2.83. The minimum absolute atomic E-state index is 0.367. The zero-order valence-electron chi connectivity index (χ0n) is 11.3. The average molecular weight is 359 g/mol. The Morgan fingerprint density at radius 1 is 1.35 bits per heavy atom. The second kappa shape index (κ2) is 7.72. The van der Waals surface area contributed by atoms with Gasteiger partial charge in [0.2, 0.25) is 0 Å². The molecule has 2 aromatic rings. The Morgan fingerprint density at radius 3 is 3.00 bits per heavy atom. The summed E-state index contributed by atoms with van der Waals surface area (Å²) in [4.78, 5) is 0. The molecule has 0 aliphatic carbocycles. The normalized spacial score (nSPS) is 10.8. The van der Waals surface area contributed by atoms with Crippen LogP contribution in [-0.4, -0.2) is 6.54 Å². The van der Waals surface area contributed by atoms with Crippen molar-refractivity contribution >= 4 is 27.5 Å². The van der Waals surface area contributed by atoms with Gasteiger partial charge in [0.15, 0.2) is 0 Å². The zero-order chi connectivity index (χ0) is 14.4. The third-order valence-corrected chi connectivity index (χ3v) is 3.64. The largest absolute Gasteiger partial charge is 0.484 e. The van der Waals surface area contributed by atoms with Crippen molar-refractivity contribution in [3.63, 3.8) is 0 Å². The molecule has 20 heavy (non-hydrogen) atoms. The predicted molar refractivity (Wildman–Crippen MR) is 84.2 cm³/mol. The molecule has 108 valence electrons. The van der Waals surface area contributed by atoms with Gasteiger partial charge in [0.1, 0.15) is 18.1 Å². The number of benzene rings is 1. The maximum Gasteiger partial charge on any atom is 0.146 e. The predicted octanol–water partition coefficient (Wildman–Crippen LogP) is 4.77. The van der Waals surface area contributed by atoms with Crippen molar-refractivity contribution in [2.24, 2.45) is 0 Å². The molecule has 1 aromatic heterocycles. The fourth-order valence-corrected chi connectivity index (χ4v) is 2.29. The Kier molecular flexibility index (Phi) is 5.95. The highest BCUT2D eigenvalue weighted by molar-refractivity contribution is 9.10. The van der Waals surface area contributed by atoms with Gasteiger partial charge in [0.05, 0.1) is 11.3 Å². The summed E-state index contributed by atoms with van der Waals surface area (Å²) in [6.07, 6.45) is 2.79. The summed E-state index contributed by atoms with van der Waals surface area (Å²) in [5.74, 6) is 1.47. The van der Waals surface area contributed by atoms with E-state index in [4.69, 9.17) is 20.8 Å². The van der Waals surface area contributed by atoms with E-state index >= 15 is 0 Å². The molecule has 5 heteroatoms. The summed E-state index contributed by atoms with van der Waals surface area (Å²) in [6.45, 7) is 4.28. The fraction of sp³-hybridized carbons (Fsp3) is 0.333. The molecule has 0 unspecified atom stereocenters. The first kappa shape index (κ1) is 15.4. The first-order valence-electron chi connectivity index (χ1n) is 6.54. The molecule has 0 amide bonds. The van der Waals surface area contributed by atoms with Crippen LogP contribution < -0.4 is 10.1 Å². The van der Waals surface area contributed by atoms with Crippen LogP contribution in [0.15, 0.2) is 39.4 Å². The summed E-state index contributed by atoms with van der Waals surface area (Å²) in [5.41, 5.74) is 1.12. The highest BCUT2D eigenvalue weighted by Gasteiger charge is 2.09. The lowest BCUT2D eigenvalue weighted by molar-refractivity contribution is 0.268. The molecule has 0 radical (unpaired) electrons. The lowest BCUT2D eigenvalue weighted by atomic mass is 10.2. The second-order valence-electron chi connectivity index (χ2n) is 4.41. The fourth-order valence-electron chi connectivity index (χ4n) is 1.78. The van der Waals surface area contributed by atoms with Crippen molar-refractivity contribution < 1.29 is 9.15 Å². The van der Waals surface area contributed by atoms with Gasteiger partial charge in [-0.1, -0.05) is 34.5 Å². The van der Waals surface area contributed by atoms with Crippen LogP contribution in [0.4, 0.5) is 0 Å². The summed E-state index contributed by atoms with van der Waals surface area (Å²) < 4.78 is 12.1. The molecule has 3 nitrogen and oxygen atoms in total. The summed E-state index contributed by atoms with van der Waals surface area (Å²) in [7, 11) is 0. The lowest BCUT2D eigenvalue weighted by Crippen LogP contribution is -2.14. The van der Waals surface area contributed by atoms with E-state index in [0.717, 1.165) is 35.3 Å². The number of furan rings is 1. The number of hydrogen-bond donors (Lipinski definition) is 1. The Bertz CT molecular complexity index is 557. The molecular formula is C15H17BrClNO2. The van der Waals surface area contributed by atoms with Gasteiger partial charge in [0, 0.05) is 16.6 Å². The van der Waals surface area contributed by atoms with Crippen LogP contribution in [0.2, 0.25) is 5.02 Å². The zero-order valence-corrected chi connectivity index (χ0v) is 13.6. The molecule has 1 heterocycles. The highest BCUT2D eigenvalue weighted by Crippen LogP contribution is 2.29. The van der Waals surface area contributed by atoms with Crippen LogP contribution in [0.5, 0.6) is 5.75 Å². The van der Waals surface area contributed by atoms with Crippen molar-refractivity contribution in [3.05, 3.63) is 51.3 Å². The van der Waals surface area contributed by atoms with Gasteiger partial charge < -0.3 is 14.5 Å². The molecule has 0 saturated carbocycles. The van der Waals surface area contributed by atoms with Crippen molar-refractivity contribution in [1.29, 1.82) is 0 Å². The molecule has 0 spiro atoms. The Morgan fingerprint density at radius 2 is 2.20 bits per heavy atom. The van der Waals surface area contributed by atoms with Crippen molar-refractivity contribution in [3.8, 4) is 5.75 Å². The van der Waals surface area contributed by atoms with E-state index < -0.39 is 0 Å². The number of nitrogens with one attached hydrogen (secondary N) is 1. The van der Waals surface area contributed by atoms with Crippen LogP contribution in [0.25, 0.3) is 0 Å². The molecular weight excluding hydrogens is 342 g/mol. The summed E-state index contributed by atoms with van der Waals surface area (Å²) >= 11 is 9.49. The van der Waals surface area contributed by atoms with Gasteiger partial charge in [0.25, 0.3) is 0 Å². The topological polar surface area (TPSA) is 34.4 Å². The van der Waals surface area contributed by atoms with Crippen LogP contribution >= 0.6 is 27.5 Å². The molecule has 0 saturated heterocycles. The number of halogens is 2. The molecule has 0 atom stereocenters. The van der Waals surface area contributed by atoms with Crippen LogP contribution in [0, 0.1) is 0 Å². The smallest absolute Gasteiger partial charge is 0.146 e. The maximum atomic E-state index is 6.09. The maximum absolute atomic E-state index is 6.09. The standard InChI is InChI=1S/C15H17BrClNO2/c1-2-6-18-9-11-5-7-19-15(11)10-20-14-8-12(16)3-4-13(14)17/h3-5,7-8,18H,2,6,9-10H2,1H3. The van der Waals surface area contributed by atoms with Gasteiger partial charge in [-0.15, -0.1) is 0 Å². The Balaban J connectivity index is 1.97.